The Morgan fingerprint density at radius 1 is 0.514 bits per heavy atom. The highest BCUT2D eigenvalue weighted by Crippen LogP contribution is 2.12. The van der Waals surface area contributed by atoms with Crippen LogP contribution < -0.4 is 31.2 Å². The minimum atomic E-state index is -0.442. The van der Waals surface area contributed by atoms with Crippen LogP contribution in [0.3, 0.4) is 0 Å². The molecule has 4 N–H and O–H groups in total. The van der Waals surface area contributed by atoms with Gasteiger partial charge in [0.1, 0.15) is 11.5 Å². The van der Waals surface area contributed by atoms with Gasteiger partial charge in [-0.3, -0.25) is 40.9 Å². The number of ether oxygens (including phenoxy) is 2. The van der Waals surface area contributed by atoms with Gasteiger partial charge in [0.2, 0.25) is 11.8 Å². The highest BCUT2D eigenvalue weighted by Gasteiger charge is 2.07. The number of rotatable bonds is 14. The second-order valence-corrected chi connectivity index (χ2v) is 8.66. The number of carbonyl (C=O) groups excluding carboxylic acids is 4. The normalized spacial score (nSPS) is 10.2. The second-order valence-electron chi connectivity index (χ2n) is 8.66. The zero-order valence-corrected chi connectivity index (χ0v) is 21.4. The Kier molecular flexibility index (Phi) is 13.1. The number of benzene rings is 2. The number of nitrogens with one attached hydrogen (secondary N) is 4. The Hall–Kier alpha value is -4.08. The number of hydrogen-bond donors (Lipinski definition) is 4. The first kappa shape index (κ1) is 29.2. The molecule has 0 fully saturated rings. The van der Waals surface area contributed by atoms with Gasteiger partial charge >= 0.3 is 0 Å². The summed E-state index contributed by atoms with van der Waals surface area (Å²) in [6.45, 7) is 3.53. The summed E-state index contributed by atoms with van der Waals surface area (Å²) in [6.07, 6.45) is 4.44. The smallest absolute Gasteiger partial charge is 0.276 e. The van der Waals surface area contributed by atoms with E-state index in [1.165, 1.54) is 0 Å². The molecule has 2 aromatic rings. The molecule has 0 saturated carbocycles. The fraction of sp³-hybridized carbons (Fsp3) is 0.407. The molecule has 0 aliphatic carbocycles. The number of hydrazine groups is 2. The standard InChI is InChI=1S/C27H36N4O6/c1-20-10-14-22(15-11-20)36-18-26(34)30-28-24(32)8-6-4-3-5-7-9-25(33)29-31-27(35)19-37-23-16-12-21(2)13-17-23/h10-17H,3-9,18-19H2,1-2H3,(H,28,32)(H,29,33)(H,30,34)(H,31,35). The van der Waals surface area contributed by atoms with Gasteiger partial charge in [0.05, 0.1) is 0 Å². The molecule has 0 radical (unpaired) electrons. The van der Waals surface area contributed by atoms with Crippen molar-refractivity contribution >= 4 is 23.6 Å². The lowest BCUT2D eigenvalue weighted by molar-refractivity contribution is -0.130. The highest BCUT2D eigenvalue weighted by molar-refractivity contribution is 5.83. The lowest BCUT2D eigenvalue weighted by Gasteiger charge is -2.09. The van der Waals surface area contributed by atoms with Crippen LogP contribution in [0.1, 0.15) is 56.1 Å². The molecule has 200 valence electrons. The van der Waals surface area contributed by atoms with E-state index < -0.39 is 11.8 Å². The van der Waals surface area contributed by atoms with Gasteiger partial charge < -0.3 is 9.47 Å². The third-order valence-corrected chi connectivity index (χ3v) is 5.27. The lowest BCUT2D eigenvalue weighted by atomic mass is 10.1. The molecule has 0 bridgehead atoms. The molecule has 0 aromatic heterocycles. The summed E-state index contributed by atoms with van der Waals surface area (Å²) in [5, 5.41) is 0. The molecule has 2 rings (SSSR count). The predicted octanol–water partition coefficient (Wildman–Crippen LogP) is 2.79. The van der Waals surface area contributed by atoms with E-state index in [2.05, 4.69) is 21.7 Å². The molecule has 0 unspecified atom stereocenters. The summed E-state index contributed by atoms with van der Waals surface area (Å²) in [4.78, 5) is 47.2. The Bertz CT molecular complexity index is 927. The Labute approximate surface area is 217 Å². The molecule has 37 heavy (non-hydrogen) atoms. The largest absolute Gasteiger partial charge is 0.484 e. The molecule has 10 nitrogen and oxygen atoms in total. The molecule has 4 amide bonds. The van der Waals surface area contributed by atoms with E-state index in [0.717, 1.165) is 30.4 Å². The predicted molar refractivity (Wildman–Crippen MR) is 138 cm³/mol. The molecule has 0 heterocycles. The Morgan fingerprint density at radius 3 is 1.22 bits per heavy atom. The number of amides is 4. The van der Waals surface area contributed by atoms with E-state index >= 15 is 0 Å². The van der Waals surface area contributed by atoms with Crippen molar-refractivity contribution in [1.29, 1.82) is 0 Å². The van der Waals surface area contributed by atoms with Crippen LogP contribution in [0, 0.1) is 13.8 Å². The van der Waals surface area contributed by atoms with Crippen LogP contribution >= 0.6 is 0 Å². The quantitative estimate of drug-likeness (QED) is 0.227. The van der Waals surface area contributed by atoms with Gasteiger partial charge in [-0.15, -0.1) is 0 Å². The summed E-state index contributed by atoms with van der Waals surface area (Å²) >= 11 is 0. The van der Waals surface area contributed by atoms with E-state index in [1.807, 2.05) is 38.1 Å². The lowest BCUT2D eigenvalue weighted by Crippen LogP contribution is -2.43. The summed E-state index contributed by atoms with van der Waals surface area (Å²) in [5.74, 6) is -0.268. The second kappa shape index (κ2) is 16.6. The maximum absolute atomic E-state index is 11.8. The van der Waals surface area contributed by atoms with E-state index in [1.54, 1.807) is 24.3 Å². The SMILES string of the molecule is Cc1ccc(OCC(=O)NNC(=O)CCCCCCCC(=O)NNC(=O)COc2ccc(C)cc2)cc1. The van der Waals surface area contributed by atoms with Crippen molar-refractivity contribution in [3.05, 3.63) is 59.7 Å². The van der Waals surface area contributed by atoms with E-state index in [-0.39, 0.29) is 37.9 Å². The van der Waals surface area contributed by atoms with Gasteiger partial charge in [-0.25, -0.2) is 0 Å². The maximum Gasteiger partial charge on any atom is 0.276 e. The third kappa shape index (κ3) is 13.6. The van der Waals surface area contributed by atoms with E-state index in [4.69, 9.17) is 9.47 Å². The van der Waals surface area contributed by atoms with Crippen LogP contribution in [0.15, 0.2) is 48.5 Å². The van der Waals surface area contributed by atoms with Crippen molar-refractivity contribution in [2.24, 2.45) is 0 Å². The molecule has 0 aliphatic rings. The molecule has 0 saturated heterocycles. The molecule has 0 atom stereocenters. The van der Waals surface area contributed by atoms with Crippen molar-refractivity contribution in [2.45, 2.75) is 58.8 Å². The number of carbonyl (C=O) groups is 4. The average molecular weight is 513 g/mol. The first-order chi connectivity index (χ1) is 17.8. The van der Waals surface area contributed by atoms with Crippen molar-refractivity contribution in [2.75, 3.05) is 13.2 Å². The van der Waals surface area contributed by atoms with Crippen LogP contribution in [0.2, 0.25) is 0 Å². The van der Waals surface area contributed by atoms with Crippen LogP contribution in [0.25, 0.3) is 0 Å². The third-order valence-electron chi connectivity index (χ3n) is 5.27. The number of unbranched alkanes of at least 4 members (excludes halogenated alkanes) is 4. The summed E-state index contributed by atoms with van der Waals surface area (Å²) in [7, 11) is 0. The monoisotopic (exact) mass is 512 g/mol. The zero-order chi connectivity index (χ0) is 26.9. The van der Waals surface area contributed by atoms with Gasteiger partial charge in [0.25, 0.3) is 11.8 Å². The number of aryl methyl sites for hydroxylation is 2. The van der Waals surface area contributed by atoms with Crippen molar-refractivity contribution < 1.29 is 28.7 Å². The summed E-state index contributed by atoms with van der Waals surface area (Å²) in [6, 6.07) is 14.6. The molecule has 10 heteroatoms. The van der Waals surface area contributed by atoms with Crippen molar-refractivity contribution in [3.63, 3.8) is 0 Å². The van der Waals surface area contributed by atoms with Gasteiger partial charge in [-0.1, -0.05) is 54.7 Å². The van der Waals surface area contributed by atoms with E-state index in [9.17, 15) is 19.2 Å². The van der Waals surface area contributed by atoms with Crippen molar-refractivity contribution in [1.82, 2.24) is 21.7 Å². The minimum absolute atomic E-state index is 0.193. The fourth-order valence-corrected chi connectivity index (χ4v) is 3.14. The van der Waals surface area contributed by atoms with E-state index in [0.29, 0.717) is 24.3 Å². The van der Waals surface area contributed by atoms with Gasteiger partial charge in [0.15, 0.2) is 13.2 Å². The molecule has 0 aliphatic heterocycles. The number of hydrogen-bond acceptors (Lipinski definition) is 6. The van der Waals surface area contributed by atoms with Gasteiger partial charge in [-0.2, -0.15) is 0 Å². The summed E-state index contributed by atoms with van der Waals surface area (Å²) in [5.41, 5.74) is 11.6. The minimum Gasteiger partial charge on any atom is -0.484 e. The zero-order valence-electron chi connectivity index (χ0n) is 21.4. The molecule has 2 aromatic carbocycles. The van der Waals surface area contributed by atoms with Crippen LogP contribution in [0.4, 0.5) is 0 Å². The van der Waals surface area contributed by atoms with Crippen LogP contribution in [-0.2, 0) is 19.2 Å². The Morgan fingerprint density at radius 2 is 0.838 bits per heavy atom. The van der Waals surface area contributed by atoms with Crippen LogP contribution in [-0.4, -0.2) is 36.8 Å². The summed E-state index contributed by atoms with van der Waals surface area (Å²) < 4.78 is 10.7. The average Bonchev–Trinajstić information content (AvgIpc) is 2.89. The maximum atomic E-state index is 11.8. The Balaban J connectivity index is 1.41. The van der Waals surface area contributed by atoms with Gasteiger partial charge in [-0.05, 0) is 51.0 Å². The van der Waals surface area contributed by atoms with Crippen molar-refractivity contribution in [3.8, 4) is 11.5 Å². The molecular formula is C27H36N4O6. The fourth-order valence-electron chi connectivity index (χ4n) is 3.14. The molecular weight excluding hydrogens is 476 g/mol. The first-order valence-electron chi connectivity index (χ1n) is 12.4. The highest BCUT2D eigenvalue weighted by atomic mass is 16.5. The van der Waals surface area contributed by atoms with Crippen LogP contribution in [0.5, 0.6) is 11.5 Å². The van der Waals surface area contributed by atoms with Gasteiger partial charge in [0, 0.05) is 12.8 Å². The molecule has 0 spiro atoms. The first-order valence-corrected chi connectivity index (χ1v) is 12.4. The topological polar surface area (TPSA) is 135 Å².